The number of thioether (sulfide) groups is 1. The largest absolute Gasteiger partial charge is 0.323 e. The first-order valence-electron chi connectivity index (χ1n) is 9.63. The fourth-order valence-corrected chi connectivity index (χ4v) is 4.03. The molecule has 5 aromatic rings. The maximum Gasteiger partial charge on any atom is 0.255 e. The molecule has 0 aliphatic carbocycles. The van der Waals surface area contributed by atoms with Crippen LogP contribution in [-0.2, 0) is 5.75 Å². The number of nitrogens with zero attached hydrogens (tertiary/aromatic N) is 5. The monoisotopic (exact) mass is 447 g/mol. The van der Waals surface area contributed by atoms with E-state index in [1.165, 1.54) is 0 Å². The SMILES string of the molecule is Cc1cc(Nc2cc(-c3ccccc3)[nH]n2)n2nc(SCc3ccc(Cl)cc3)nc2n1. The molecule has 0 bridgehead atoms. The zero-order valence-corrected chi connectivity index (χ0v) is 18.2. The first-order valence-corrected chi connectivity index (χ1v) is 11.0. The maximum absolute atomic E-state index is 5.96. The normalized spacial score (nSPS) is 11.2. The predicted molar refractivity (Wildman–Crippen MR) is 124 cm³/mol. The molecule has 0 saturated carbocycles. The Morgan fingerprint density at radius 2 is 1.84 bits per heavy atom. The molecule has 2 N–H and O–H groups in total. The van der Waals surface area contributed by atoms with Gasteiger partial charge in [-0.05, 0) is 30.2 Å². The van der Waals surface area contributed by atoms with E-state index < -0.39 is 0 Å². The van der Waals surface area contributed by atoms with Crippen LogP contribution in [0.15, 0.2) is 71.9 Å². The minimum Gasteiger partial charge on any atom is -0.323 e. The highest BCUT2D eigenvalue weighted by Gasteiger charge is 2.12. The number of aryl methyl sites for hydroxylation is 1. The summed E-state index contributed by atoms with van der Waals surface area (Å²) in [5.74, 6) is 2.73. The molecule has 9 heteroatoms. The van der Waals surface area contributed by atoms with E-state index in [2.05, 4.69) is 30.6 Å². The summed E-state index contributed by atoms with van der Waals surface area (Å²) in [7, 11) is 0. The Kier molecular flexibility index (Phi) is 5.31. The molecule has 0 atom stereocenters. The van der Waals surface area contributed by atoms with Gasteiger partial charge in [0.25, 0.3) is 5.78 Å². The van der Waals surface area contributed by atoms with Gasteiger partial charge < -0.3 is 5.32 Å². The molecule has 0 radical (unpaired) electrons. The lowest BCUT2D eigenvalue weighted by molar-refractivity contribution is 0.881. The van der Waals surface area contributed by atoms with E-state index in [-0.39, 0.29) is 0 Å². The number of nitrogens with one attached hydrogen (secondary N) is 2. The number of fused-ring (bicyclic) bond motifs is 1. The Bertz CT molecular complexity index is 1330. The summed E-state index contributed by atoms with van der Waals surface area (Å²) >= 11 is 7.51. The molecule has 0 aliphatic rings. The van der Waals surface area contributed by atoms with Crippen molar-refractivity contribution >= 4 is 40.8 Å². The van der Waals surface area contributed by atoms with Crippen molar-refractivity contribution in [1.29, 1.82) is 0 Å². The van der Waals surface area contributed by atoms with Crippen molar-refractivity contribution in [3.05, 3.63) is 83.0 Å². The van der Waals surface area contributed by atoms with Gasteiger partial charge in [0.1, 0.15) is 5.82 Å². The number of hydrogen-bond donors (Lipinski definition) is 2. The van der Waals surface area contributed by atoms with Gasteiger partial charge in [0, 0.05) is 28.6 Å². The average Bonchev–Trinajstić information content (AvgIpc) is 3.41. The number of hydrogen-bond acceptors (Lipinski definition) is 6. The van der Waals surface area contributed by atoms with Gasteiger partial charge in [0.05, 0.1) is 5.69 Å². The highest BCUT2D eigenvalue weighted by molar-refractivity contribution is 7.98. The van der Waals surface area contributed by atoms with E-state index in [1.54, 1.807) is 16.3 Å². The Labute approximate surface area is 187 Å². The van der Waals surface area contributed by atoms with Crippen LogP contribution in [0.1, 0.15) is 11.3 Å². The summed E-state index contributed by atoms with van der Waals surface area (Å²) in [6.45, 7) is 1.93. The lowest BCUT2D eigenvalue weighted by Crippen LogP contribution is -2.02. The summed E-state index contributed by atoms with van der Waals surface area (Å²) in [6, 6.07) is 21.7. The molecule has 5 rings (SSSR count). The van der Waals surface area contributed by atoms with Crippen molar-refractivity contribution in [3.8, 4) is 11.3 Å². The zero-order valence-electron chi connectivity index (χ0n) is 16.6. The van der Waals surface area contributed by atoms with Crippen LogP contribution in [0.5, 0.6) is 0 Å². The topological polar surface area (TPSA) is 83.8 Å². The van der Waals surface area contributed by atoms with Gasteiger partial charge in [-0.3, -0.25) is 5.10 Å². The summed E-state index contributed by atoms with van der Waals surface area (Å²) in [4.78, 5) is 9.08. The lowest BCUT2D eigenvalue weighted by Gasteiger charge is -2.05. The van der Waals surface area contributed by atoms with Crippen LogP contribution in [-0.4, -0.2) is 29.8 Å². The van der Waals surface area contributed by atoms with Crippen LogP contribution in [0.3, 0.4) is 0 Å². The number of halogens is 1. The quantitative estimate of drug-likeness (QED) is 0.334. The van der Waals surface area contributed by atoms with Crippen molar-refractivity contribution in [2.24, 2.45) is 0 Å². The van der Waals surface area contributed by atoms with Gasteiger partial charge in [-0.15, -0.1) is 5.10 Å². The standard InChI is InChI=1S/C22H18ClN7S/c1-14-11-20(25-19-12-18(27-28-19)16-5-3-2-4-6-16)30-21(24-14)26-22(29-30)31-13-15-7-9-17(23)10-8-15/h2-12H,13H2,1H3,(H2,25,27,28). The van der Waals surface area contributed by atoms with Gasteiger partial charge in [-0.2, -0.15) is 14.6 Å². The number of rotatable bonds is 6. The second kappa shape index (κ2) is 8.41. The molecule has 2 aromatic carbocycles. The Morgan fingerprint density at radius 1 is 1.03 bits per heavy atom. The van der Waals surface area contributed by atoms with Gasteiger partial charge >= 0.3 is 0 Å². The fraction of sp³-hybridized carbons (Fsp3) is 0.0909. The maximum atomic E-state index is 5.96. The van der Waals surface area contributed by atoms with E-state index in [9.17, 15) is 0 Å². The second-order valence-electron chi connectivity index (χ2n) is 6.96. The third-order valence-electron chi connectivity index (χ3n) is 4.62. The summed E-state index contributed by atoms with van der Waals surface area (Å²) in [6.07, 6.45) is 0. The van der Waals surface area contributed by atoms with Crippen LogP contribution in [0.4, 0.5) is 11.6 Å². The summed E-state index contributed by atoms with van der Waals surface area (Å²) in [5, 5.41) is 16.8. The molecule has 154 valence electrons. The molecule has 0 aliphatic heterocycles. The molecule has 0 unspecified atom stereocenters. The van der Waals surface area contributed by atoms with Crippen molar-refractivity contribution < 1.29 is 0 Å². The molecule has 0 spiro atoms. The van der Waals surface area contributed by atoms with E-state index in [0.717, 1.165) is 39.1 Å². The fourth-order valence-electron chi connectivity index (χ4n) is 3.13. The van der Waals surface area contributed by atoms with E-state index >= 15 is 0 Å². The first kappa shape index (κ1) is 19.6. The molecule has 0 amide bonds. The molecular weight excluding hydrogens is 430 g/mol. The van der Waals surface area contributed by atoms with E-state index in [1.807, 2.05) is 73.7 Å². The number of H-pyrrole nitrogens is 1. The number of anilines is 2. The van der Waals surface area contributed by atoms with Crippen LogP contribution in [0.2, 0.25) is 5.02 Å². The highest BCUT2D eigenvalue weighted by Crippen LogP contribution is 2.25. The Morgan fingerprint density at radius 3 is 2.65 bits per heavy atom. The van der Waals surface area contributed by atoms with Crippen LogP contribution in [0, 0.1) is 6.92 Å². The highest BCUT2D eigenvalue weighted by atomic mass is 35.5. The van der Waals surface area contributed by atoms with Crippen molar-refractivity contribution in [1.82, 2.24) is 29.8 Å². The van der Waals surface area contributed by atoms with Crippen LogP contribution in [0.25, 0.3) is 17.0 Å². The Balaban J connectivity index is 1.38. The molecule has 31 heavy (non-hydrogen) atoms. The van der Waals surface area contributed by atoms with Crippen LogP contribution < -0.4 is 5.32 Å². The number of aromatic nitrogens is 6. The summed E-state index contributed by atoms with van der Waals surface area (Å²) in [5.41, 5.74) is 4.00. The smallest absolute Gasteiger partial charge is 0.255 e. The van der Waals surface area contributed by atoms with Crippen molar-refractivity contribution in [2.45, 2.75) is 17.8 Å². The van der Waals surface area contributed by atoms with E-state index in [4.69, 9.17) is 11.6 Å². The average molecular weight is 448 g/mol. The lowest BCUT2D eigenvalue weighted by atomic mass is 10.2. The predicted octanol–water partition coefficient (Wildman–Crippen LogP) is 5.51. The Hall–Kier alpha value is -3.36. The van der Waals surface area contributed by atoms with Crippen LogP contribution >= 0.6 is 23.4 Å². The zero-order chi connectivity index (χ0) is 21.2. The second-order valence-corrected chi connectivity index (χ2v) is 8.34. The molecule has 7 nitrogen and oxygen atoms in total. The van der Waals surface area contributed by atoms with Crippen molar-refractivity contribution in [2.75, 3.05) is 5.32 Å². The minimum atomic E-state index is 0.542. The van der Waals surface area contributed by atoms with Gasteiger partial charge in [0.15, 0.2) is 5.82 Å². The number of benzene rings is 2. The molecule has 0 fully saturated rings. The number of aromatic amines is 1. The third kappa shape index (κ3) is 4.40. The molecule has 0 saturated heterocycles. The molecular formula is C22H18ClN7S. The van der Waals surface area contributed by atoms with E-state index in [0.29, 0.717) is 16.8 Å². The van der Waals surface area contributed by atoms with Gasteiger partial charge in [0.2, 0.25) is 5.16 Å². The minimum absolute atomic E-state index is 0.542. The van der Waals surface area contributed by atoms with Gasteiger partial charge in [-0.25, -0.2) is 4.98 Å². The first-order chi connectivity index (χ1) is 15.1. The third-order valence-corrected chi connectivity index (χ3v) is 5.78. The molecule has 3 aromatic heterocycles. The van der Waals surface area contributed by atoms with Crippen molar-refractivity contribution in [3.63, 3.8) is 0 Å². The van der Waals surface area contributed by atoms with Gasteiger partial charge in [-0.1, -0.05) is 65.8 Å². The molecule has 3 heterocycles. The summed E-state index contributed by atoms with van der Waals surface area (Å²) < 4.78 is 1.70.